The van der Waals surface area contributed by atoms with Crippen LogP contribution in [-0.4, -0.2) is 107 Å². The van der Waals surface area contributed by atoms with Gasteiger partial charge in [-0.1, -0.05) is 12.8 Å². The zero-order valence-electron chi connectivity index (χ0n) is 20.1. The molecule has 0 spiro atoms. The number of carbonyl (C=O) groups excluding carboxylic acids is 3. The van der Waals surface area contributed by atoms with Crippen molar-refractivity contribution in [3.63, 3.8) is 0 Å². The van der Waals surface area contributed by atoms with Crippen molar-refractivity contribution in [1.29, 1.82) is 0 Å². The molecule has 1 saturated carbocycles. The Morgan fingerprint density at radius 2 is 1.85 bits per heavy atom. The lowest BCUT2D eigenvalue weighted by atomic mass is 9.95. The Balaban J connectivity index is 1.34. The molecular formula is C23H37N7O3. The first-order valence-corrected chi connectivity index (χ1v) is 12.1. The van der Waals surface area contributed by atoms with Gasteiger partial charge in [-0.2, -0.15) is 5.10 Å². The Morgan fingerprint density at radius 3 is 2.55 bits per heavy atom. The van der Waals surface area contributed by atoms with Crippen molar-refractivity contribution in [1.82, 2.24) is 35.1 Å². The summed E-state index contributed by atoms with van der Waals surface area (Å²) in [4.78, 5) is 45.0. The second kappa shape index (κ2) is 9.80. The highest BCUT2D eigenvalue weighted by atomic mass is 16.2. The summed E-state index contributed by atoms with van der Waals surface area (Å²) in [6.07, 6.45) is 5.06. The van der Waals surface area contributed by atoms with Crippen molar-refractivity contribution in [3.8, 4) is 0 Å². The normalized spacial score (nSPS) is 24.7. The molecular weight excluding hydrogens is 422 g/mol. The Morgan fingerprint density at radius 1 is 1.15 bits per heavy atom. The van der Waals surface area contributed by atoms with Gasteiger partial charge in [0.2, 0.25) is 5.91 Å². The van der Waals surface area contributed by atoms with E-state index in [9.17, 15) is 14.4 Å². The molecule has 0 bridgehead atoms. The maximum absolute atomic E-state index is 13.1. The Labute approximate surface area is 195 Å². The summed E-state index contributed by atoms with van der Waals surface area (Å²) in [7, 11) is 3.78. The van der Waals surface area contributed by atoms with Gasteiger partial charge in [-0.05, 0) is 39.8 Å². The van der Waals surface area contributed by atoms with Crippen molar-refractivity contribution in [2.75, 3.05) is 53.4 Å². The topological polar surface area (TPSA) is 103 Å². The fraction of sp³-hybridized carbons (Fsp3) is 0.739. The van der Waals surface area contributed by atoms with Gasteiger partial charge in [0.1, 0.15) is 11.2 Å². The number of fused-ring (bicyclic) bond motifs is 1. The highest BCUT2D eigenvalue weighted by Gasteiger charge is 2.46. The van der Waals surface area contributed by atoms with Crippen LogP contribution in [0, 0.1) is 0 Å². The van der Waals surface area contributed by atoms with Crippen LogP contribution in [0.4, 0.5) is 0 Å². The van der Waals surface area contributed by atoms with Crippen molar-refractivity contribution < 1.29 is 14.4 Å². The molecule has 2 fully saturated rings. The number of nitrogens with one attached hydrogen (secondary N) is 2. The summed E-state index contributed by atoms with van der Waals surface area (Å²) in [5, 5.41) is 10.4. The monoisotopic (exact) mass is 459 g/mol. The van der Waals surface area contributed by atoms with Crippen molar-refractivity contribution >= 4 is 17.7 Å². The Hall–Kier alpha value is -2.46. The van der Waals surface area contributed by atoms with Gasteiger partial charge in [-0.25, -0.2) is 0 Å². The molecule has 3 heterocycles. The molecule has 2 N–H and O–H groups in total. The Bertz CT molecular complexity index is 887. The summed E-state index contributed by atoms with van der Waals surface area (Å²) in [5.74, 6) is -0.754. The largest absolute Gasteiger partial charge is 0.351 e. The van der Waals surface area contributed by atoms with Gasteiger partial charge < -0.3 is 25.3 Å². The number of hydrogen-bond donors (Lipinski definition) is 2. The highest BCUT2D eigenvalue weighted by molar-refractivity contribution is 6.01. The number of piperazine rings is 1. The molecule has 1 aromatic heterocycles. The van der Waals surface area contributed by atoms with Crippen molar-refractivity contribution in [2.24, 2.45) is 0 Å². The second-order valence-corrected chi connectivity index (χ2v) is 9.92. The van der Waals surface area contributed by atoms with E-state index >= 15 is 0 Å². The minimum Gasteiger partial charge on any atom is -0.351 e. The minimum absolute atomic E-state index is 0.165. The van der Waals surface area contributed by atoms with E-state index in [1.807, 2.05) is 0 Å². The van der Waals surface area contributed by atoms with Crippen LogP contribution in [0.25, 0.3) is 0 Å². The van der Waals surface area contributed by atoms with Gasteiger partial charge >= 0.3 is 0 Å². The molecule has 10 nitrogen and oxygen atoms in total. The van der Waals surface area contributed by atoms with Gasteiger partial charge in [-0.15, -0.1) is 0 Å². The molecule has 1 saturated heterocycles. The first-order valence-electron chi connectivity index (χ1n) is 12.1. The molecule has 3 aliphatic rings. The molecule has 33 heavy (non-hydrogen) atoms. The third-order valence-corrected chi connectivity index (χ3v) is 7.45. The van der Waals surface area contributed by atoms with Gasteiger partial charge in [0, 0.05) is 51.9 Å². The molecule has 3 amide bonds. The summed E-state index contributed by atoms with van der Waals surface area (Å²) in [6.45, 7) is 7.76. The number of aromatic nitrogens is 2. The summed E-state index contributed by atoms with van der Waals surface area (Å²) < 4.78 is 1.51. The summed E-state index contributed by atoms with van der Waals surface area (Å²) in [6, 6.07) is 1.70. The zero-order valence-corrected chi connectivity index (χ0v) is 20.1. The number of carbonyl (C=O) groups is 3. The van der Waals surface area contributed by atoms with Gasteiger partial charge in [-0.3, -0.25) is 19.1 Å². The fourth-order valence-corrected chi connectivity index (χ4v) is 4.92. The van der Waals surface area contributed by atoms with Gasteiger partial charge in [0.05, 0.1) is 6.54 Å². The van der Waals surface area contributed by atoms with Crippen LogP contribution in [0.5, 0.6) is 0 Å². The predicted molar refractivity (Wildman–Crippen MR) is 124 cm³/mol. The first kappa shape index (κ1) is 23.7. The van der Waals surface area contributed by atoms with Crippen LogP contribution < -0.4 is 10.6 Å². The molecule has 0 radical (unpaired) electrons. The van der Waals surface area contributed by atoms with Gasteiger partial charge in [0.25, 0.3) is 11.8 Å². The van der Waals surface area contributed by atoms with Gasteiger partial charge in [0.15, 0.2) is 5.69 Å². The molecule has 1 aliphatic carbocycles. The number of nitrogens with zero attached hydrogens (tertiary/aromatic N) is 5. The third-order valence-electron chi connectivity index (χ3n) is 7.45. The van der Waals surface area contributed by atoms with Crippen LogP contribution in [0.3, 0.4) is 0 Å². The van der Waals surface area contributed by atoms with E-state index in [1.54, 1.807) is 14.0 Å². The highest BCUT2D eigenvalue weighted by Crippen LogP contribution is 2.27. The fourth-order valence-electron chi connectivity index (χ4n) is 4.92. The van der Waals surface area contributed by atoms with E-state index < -0.39 is 5.54 Å². The standard InChI is InChI=1S/C23H37N7O3/c1-23(22(33)25-17-7-4-5-8-17)16-30-19(21(32)28(23)3)15-18(26-30)20(31)24-9-6-10-29-13-11-27(2)12-14-29/h15,17H,4-14,16H2,1-3H3,(H,24,31)(H,25,33). The predicted octanol–water partition coefficient (Wildman–Crippen LogP) is 0.154. The van der Waals surface area contributed by atoms with Crippen LogP contribution in [0.2, 0.25) is 0 Å². The Kier molecular flexibility index (Phi) is 7.04. The molecule has 1 unspecified atom stereocenters. The van der Waals surface area contributed by atoms with Crippen LogP contribution in [0.15, 0.2) is 6.07 Å². The van der Waals surface area contributed by atoms with Crippen LogP contribution >= 0.6 is 0 Å². The smallest absolute Gasteiger partial charge is 0.272 e. The minimum atomic E-state index is -1.05. The molecule has 2 aliphatic heterocycles. The van der Waals surface area contributed by atoms with E-state index in [0.29, 0.717) is 12.2 Å². The third kappa shape index (κ3) is 5.06. The number of likely N-dealkylation sites (N-methyl/N-ethyl adjacent to an activating group) is 2. The van der Waals surface area contributed by atoms with Crippen molar-refractivity contribution in [2.45, 2.75) is 57.2 Å². The van der Waals surface area contributed by atoms with E-state index in [0.717, 1.165) is 64.8 Å². The molecule has 0 aromatic carbocycles. The first-order chi connectivity index (χ1) is 15.8. The lowest BCUT2D eigenvalue weighted by molar-refractivity contribution is -0.133. The molecule has 4 rings (SSSR count). The maximum atomic E-state index is 13.1. The van der Waals surface area contributed by atoms with E-state index in [1.165, 1.54) is 15.6 Å². The lowest BCUT2D eigenvalue weighted by Crippen LogP contribution is -2.63. The van der Waals surface area contributed by atoms with Crippen LogP contribution in [-0.2, 0) is 11.3 Å². The molecule has 10 heteroatoms. The number of hydrogen-bond acceptors (Lipinski definition) is 6. The average Bonchev–Trinajstić information content (AvgIpc) is 3.46. The lowest BCUT2D eigenvalue weighted by Gasteiger charge is -2.41. The molecule has 1 atom stereocenters. The second-order valence-electron chi connectivity index (χ2n) is 9.92. The van der Waals surface area contributed by atoms with E-state index in [-0.39, 0.29) is 36.0 Å². The maximum Gasteiger partial charge on any atom is 0.272 e. The average molecular weight is 460 g/mol. The SMILES string of the molecule is CN1CCN(CCCNC(=O)c2cc3n(n2)CC(C)(C(=O)NC2CCCC2)N(C)C3=O)CC1. The van der Waals surface area contributed by atoms with Crippen molar-refractivity contribution in [3.05, 3.63) is 17.5 Å². The molecule has 1 aromatic rings. The van der Waals surface area contributed by atoms with E-state index in [4.69, 9.17) is 0 Å². The quantitative estimate of drug-likeness (QED) is 0.563. The van der Waals surface area contributed by atoms with E-state index in [2.05, 4.69) is 32.6 Å². The summed E-state index contributed by atoms with van der Waals surface area (Å²) >= 11 is 0. The van der Waals surface area contributed by atoms with Crippen LogP contribution in [0.1, 0.15) is 60.0 Å². The number of rotatable bonds is 7. The number of amides is 3. The molecule has 182 valence electrons. The summed E-state index contributed by atoms with van der Waals surface area (Å²) in [5.41, 5.74) is -0.493. The zero-order chi connectivity index (χ0) is 23.6.